The first-order chi connectivity index (χ1) is 50.6. The summed E-state index contributed by atoms with van der Waals surface area (Å²) in [6.45, 7) is 0. The molecule has 20 aromatic rings. The molecule has 0 atom stereocenters. The number of para-hydroxylation sites is 10. The fourth-order valence-electron chi connectivity index (χ4n) is 16.1. The molecule has 0 N–H and O–H groups in total. The molecule has 0 aliphatic carbocycles. The fraction of sp³-hybridized carbons (Fsp3) is 0. The Balaban J connectivity index is 0.856. The van der Waals surface area contributed by atoms with E-state index < -0.39 is 0 Å². The SMILES string of the molecule is c1ccc(N(c2ccccc2)c2ccc(-c3cc4c(-c5ccc(-c6nc7ccccc7n6-c6ccccc6)cc5)c5cccc6c(-c7ccc(N(c8ccccc8)c8ccccc8)cc7)cc7c(-c8ccc(-c9nc%10ccccc%10n9-c9ccccc9)cc8)c8cccc3c8c4c7c65)cc2)cc1. The predicted octanol–water partition coefficient (Wildman–Crippen LogP) is 25.9. The molecule has 476 valence electrons. The van der Waals surface area contributed by atoms with Crippen LogP contribution < -0.4 is 9.80 Å². The maximum atomic E-state index is 5.35. The Kier molecular flexibility index (Phi) is 13.8. The van der Waals surface area contributed by atoms with Crippen LogP contribution in [0.4, 0.5) is 34.1 Å². The van der Waals surface area contributed by atoms with Crippen molar-refractivity contribution in [3.8, 4) is 78.7 Å². The van der Waals surface area contributed by atoms with Gasteiger partial charge in [0, 0.05) is 56.6 Å². The largest absolute Gasteiger partial charge is 0.311 e. The van der Waals surface area contributed by atoms with Crippen LogP contribution in [0.5, 0.6) is 0 Å². The van der Waals surface area contributed by atoms with E-state index in [0.29, 0.717) is 0 Å². The molecule has 0 unspecified atom stereocenters. The van der Waals surface area contributed by atoms with Crippen molar-refractivity contribution < 1.29 is 0 Å². The highest BCUT2D eigenvalue weighted by atomic mass is 15.1. The Morgan fingerprint density at radius 2 is 0.490 bits per heavy atom. The van der Waals surface area contributed by atoms with Crippen LogP contribution in [-0.4, -0.2) is 19.1 Å². The van der Waals surface area contributed by atoms with Gasteiger partial charge in [0.15, 0.2) is 0 Å². The minimum absolute atomic E-state index is 0.895. The van der Waals surface area contributed by atoms with Crippen LogP contribution in [0.25, 0.3) is 155 Å². The van der Waals surface area contributed by atoms with Gasteiger partial charge in [0.2, 0.25) is 0 Å². The van der Waals surface area contributed by atoms with Crippen LogP contribution in [0.2, 0.25) is 0 Å². The zero-order valence-electron chi connectivity index (χ0n) is 55.5. The van der Waals surface area contributed by atoms with Gasteiger partial charge in [0.1, 0.15) is 11.6 Å². The number of hydrogen-bond donors (Lipinski definition) is 0. The molecule has 0 aliphatic heterocycles. The molecular formula is C96H62N6. The zero-order chi connectivity index (χ0) is 67.2. The maximum Gasteiger partial charge on any atom is 0.145 e. The summed E-state index contributed by atoms with van der Waals surface area (Å²) in [5.41, 5.74) is 24.0. The molecule has 0 bridgehead atoms. The minimum atomic E-state index is 0.895. The van der Waals surface area contributed by atoms with Gasteiger partial charge in [0.25, 0.3) is 0 Å². The summed E-state index contributed by atoms with van der Waals surface area (Å²) in [6.07, 6.45) is 0. The molecule has 0 fully saturated rings. The highest BCUT2D eigenvalue weighted by Crippen LogP contribution is 2.56. The van der Waals surface area contributed by atoms with Crippen molar-refractivity contribution in [2.24, 2.45) is 0 Å². The van der Waals surface area contributed by atoms with E-state index in [-0.39, 0.29) is 0 Å². The van der Waals surface area contributed by atoms with E-state index in [4.69, 9.17) is 9.97 Å². The second-order valence-electron chi connectivity index (χ2n) is 26.4. The number of rotatable bonds is 14. The van der Waals surface area contributed by atoms with Crippen molar-refractivity contribution in [1.29, 1.82) is 0 Å². The van der Waals surface area contributed by atoms with Gasteiger partial charge in [-0.3, -0.25) is 9.13 Å². The van der Waals surface area contributed by atoms with Crippen LogP contribution in [0.15, 0.2) is 376 Å². The molecule has 2 heterocycles. The molecular weight excluding hydrogens is 1240 g/mol. The second-order valence-corrected chi connectivity index (χ2v) is 26.4. The number of imidazole rings is 2. The van der Waals surface area contributed by atoms with Crippen LogP contribution >= 0.6 is 0 Å². The first kappa shape index (κ1) is 58.5. The van der Waals surface area contributed by atoms with Gasteiger partial charge >= 0.3 is 0 Å². The molecule has 20 rings (SSSR count). The van der Waals surface area contributed by atoms with E-state index >= 15 is 0 Å². The molecule has 6 nitrogen and oxygen atoms in total. The number of fused-ring (bicyclic) bond motifs is 2. The topological polar surface area (TPSA) is 42.1 Å². The molecule has 0 amide bonds. The molecule has 0 aliphatic rings. The van der Waals surface area contributed by atoms with Crippen molar-refractivity contribution in [2.75, 3.05) is 9.80 Å². The highest BCUT2D eigenvalue weighted by Gasteiger charge is 2.29. The van der Waals surface area contributed by atoms with E-state index in [9.17, 15) is 0 Å². The summed E-state index contributed by atoms with van der Waals surface area (Å²) in [4.78, 5) is 15.4. The van der Waals surface area contributed by atoms with Gasteiger partial charge in [0.05, 0.1) is 22.1 Å². The van der Waals surface area contributed by atoms with Gasteiger partial charge in [-0.05, 0) is 232 Å². The van der Waals surface area contributed by atoms with E-state index in [1.165, 1.54) is 76.1 Å². The molecule has 18 aromatic carbocycles. The van der Waals surface area contributed by atoms with Crippen LogP contribution in [0.3, 0.4) is 0 Å². The lowest BCUT2D eigenvalue weighted by atomic mass is 9.77. The summed E-state index contributed by atoms with van der Waals surface area (Å²) in [6, 6.07) is 137. The quantitative estimate of drug-likeness (QED) is 0.0804. The summed E-state index contributed by atoms with van der Waals surface area (Å²) in [5.74, 6) is 1.79. The Hall–Kier alpha value is -13.7. The Morgan fingerprint density at radius 3 is 0.843 bits per heavy atom. The molecule has 0 radical (unpaired) electrons. The summed E-state index contributed by atoms with van der Waals surface area (Å²) >= 11 is 0. The van der Waals surface area contributed by atoms with Crippen molar-refractivity contribution in [1.82, 2.24) is 19.1 Å². The first-order valence-electron chi connectivity index (χ1n) is 34.9. The highest BCUT2D eigenvalue weighted by molar-refractivity contribution is 6.44. The van der Waals surface area contributed by atoms with Crippen LogP contribution in [0.1, 0.15) is 0 Å². The lowest BCUT2D eigenvalue weighted by Crippen LogP contribution is -2.09. The van der Waals surface area contributed by atoms with Crippen molar-refractivity contribution in [3.63, 3.8) is 0 Å². The average Bonchev–Trinajstić information content (AvgIpc) is 0.766. The smallest absolute Gasteiger partial charge is 0.145 e. The standard InChI is InChI=1S/C96H62N6/c1-7-25-69(26-8-1)99(70-27-9-2-10-28-70)75-57-53-63(54-58-75)81-61-83-89(65-45-49-67(50-46-65)95-97-85-41-19-21-43-87(85)101(95)73-33-15-5-16-34-73)80-40-24-38-78-82(64-55-59-76(60-56-64)100(71-29-11-3-12-30-71)72-31-13-4-14-32-72)62-84-90(79-39-23-37-77(81)91(79)93(83)94(84)92(78)80)66-47-51-68(52-48-66)96-98-86-42-20-22-44-88(86)102(96)74-35-17-6-18-36-74/h1-62H. The molecule has 0 spiro atoms. The van der Waals surface area contributed by atoms with Gasteiger partial charge in [-0.1, -0.05) is 243 Å². The summed E-state index contributed by atoms with van der Waals surface area (Å²) in [5, 5.41) is 12.1. The lowest BCUT2D eigenvalue weighted by molar-refractivity contribution is 1.10. The normalized spacial score (nSPS) is 11.7. The van der Waals surface area contributed by atoms with Gasteiger partial charge in [-0.2, -0.15) is 0 Å². The third kappa shape index (κ3) is 9.56. The average molecular weight is 1300 g/mol. The fourth-order valence-corrected chi connectivity index (χ4v) is 16.1. The number of aromatic nitrogens is 4. The minimum Gasteiger partial charge on any atom is -0.311 e. The molecule has 0 saturated heterocycles. The van der Waals surface area contributed by atoms with Crippen molar-refractivity contribution >= 4 is 110 Å². The van der Waals surface area contributed by atoms with Crippen LogP contribution in [-0.2, 0) is 0 Å². The van der Waals surface area contributed by atoms with Gasteiger partial charge < -0.3 is 9.80 Å². The molecule has 2 aromatic heterocycles. The number of hydrogen-bond acceptors (Lipinski definition) is 4. The zero-order valence-corrected chi connectivity index (χ0v) is 55.5. The van der Waals surface area contributed by atoms with Gasteiger partial charge in [-0.25, -0.2) is 9.97 Å². The van der Waals surface area contributed by atoms with Crippen molar-refractivity contribution in [2.45, 2.75) is 0 Å². The number of anilines is 6. The van der Waals surface area contributed by atoms with Crippen molar-refractivity contribution in [3.05, 3.63) is 376 Å². The van der Waals surface area contributed by atoms with Gasteiger partial charge in [-0.15, -0.1) is 0 Å². The first-order valence-corrected chi connectivity index (χ1v) is 34.9. The Bertz CT molecular complexity index is 6000. The monoisotopic (exact) mass is 1300 g/mol. The molecule has 102 heavy (non-hydrogen) atoms. The predicted molar refractivity (Wildman–Crippen MR) is 428 cm³/mol. The number of nitrogens with zero attached hydrogens (tertiary/aromatic N) is 6. The van der Waals surface area contributed by atoms with Crippen LogP contribution in [0, 0.1) is 0 Å². The molecule has 0 saturated carbocycles. The third-order valence-corrected chi connectivity index (χ3v) is 20.6. The number of benzene rings is 18. The molecule has 6 heteroatoms. The summed E-state index contributed by atoms with van der Waals surface area (Å²) < 4.78 is 4.58. The Morgan fingerprint density at radius 1 is 0.206 bits per heavy atom. The lowest BCUT2D eigenvalue weighted by Gasteiger charge is -2.27. The third-order valence-electron chi connectivity index (χ3n) is 20.6. The van der Waals surface area contributed by atoms with E-state index in [1.54, 1.807) is 0 Å². The second kappa shape index (κ2) is 24.1. The van der Waals surface area contributed by atoms with E-state index in [1.807, 2.05) is 0 Å². The van der Waals surface area contributed by atoms with E-state index in [0.717, 1.165) is 113 Å². The Labute approximate surface area is 590 Å². The van der Waals surface area contributed by atoms with E-state index in [2.05, 4.69) is 395 Å². The maximum absolute atomic E-state index is 5.35. The summed E-state index contributed by atoms with van der Waals surface area (Å²) in [7, 11) is 0.